The van der Waals surface area contributed by atoms with Gasteiger partial charge >= 0.3 is 0 Å². The van der Waals surface area contributed by atoms with Gasteiger partial charge in [-0.15, -0.1) is 0 Å². The van der Waals surface area contributed by atoms with Gasteiger partial charge in [-0.05, 0) is 38.8 Å². The smallest absolute Gasteiger partial charge is 0.167 e. The first-order chi connectivity index (χ1) is 9.72. The standard InChI is InChI=1S/C16H19FN2O/c1-3-18-14-9-13(10-5-6-10)19-15-8-12(17)16(20-4-2)7-11(14)15/h7-10H,3-6H2,1-2H3,(H,18,19). The number of hydrogen-bond acceptors (Lipinski definition) is 3. The van der Waals surface area contributed by atoms with Crippen molar-refractivity contribution in [2.75, 3.05) is 18.5 Å². The Bertz CT molecular complexity index is 638. The van der Waals surface area contributed by atoms with Gasteiger partial charge < -0.3 is 10.1 Å². The van der Waals surface area contributed by atoms with Gasteiger partial charge in [0, 0.05) is 35.3 Å². The Morgan fingerprint density at radius 1 is 1.30 bits per heavy atom. The third-order valence-corrected chi connectivity index (χ3v) is 3.54. The van der Waals surface area contributed by atoms with Crippen LogP contribution in [0.1, 0.15) is 38.3 Å². The van der Waals surface area contributed by atoms with Crippen LogP contribution < -0.4 is 10.1 Å². The molecule has 1 heterocycles. The van der Waals surface area contributed by atoms with Crippen molar-refractivity contribution in [1.82, 2.24) is 4.98 Å². The SMILES string of the molecule is CCNc1cc(C2CC2)nc2cc(F)c(OCC)cc12. The fraction of sp³-hybridized carbons (Fsp3) is 0.438. The molecule has 106 valence electrons. The number of anilines is 1. The van der Waals surface area contributed by atoms with E-state index in [2.05, 4.69) is 23.3 Å². The Morgan fingerprint density at radius 3 is 2.75 bits per heavy atom. The molecular weight excluding hydrogens is 255 g/mol. The number of halogens is 1. The molecule has 1 aliphatic rings. The number of pyridine rings is 1. The third kappa shape index (κ3) is 2.42. The van der Waals surface area contributed by atoms with Crippen LogP contribution in [0, 0.1) is 5.82 Å². The predicted octanol–water partition coefficient (Wildman–Crippen LogP) is 4.08. The molecule has 0 unspecified atom stereocenters. The van der Waals surface area contributed by atoms with Crippen LogP contribution >= 0.6 is 0 Å². The van der Waals surface area contributed by atoms with Crippen molar-refractivity contribution >= 4 is 16.6 Å². The molecule has 0 spiro atoms. The van der Waals surface area contributed by atoms with Crippen molar-refractivity contribution in [2.45, 2.75) is 32.6 Å². The molecule has 1 saturated carbocycles. The van der Waals surface area contributed by atoms with Gasteiger partial charge in [0.2, 0.25) is 0 Å². The lowest BCUT2D eigenvalue weighted by Crippen LogP contribution is -2.02. The monoisotopic (exact) mass is 274 g/mol. The van der Waals surface area contributed by atoms with E-state index in [0.717, 1.165) is 23.3 Å². The Labute approximate surface area is 118 Å². The van der Waals surface area contributed by atoms with E-state index in [9.17, 15) is 4.39 Å². The highest BCUT2D eigenvalue weighted by Crippen LogP contribution is 2.41. The Hall–Kier alpha value is -1.84. The van der Waals surface area contributed by atoms with Crippen molar-refractivity contribution in [3.05, 3.63) is 29.7 Å². The number of fused-ring (bicyclic) bond motifs is 1. The summed E-state index contributed by atoms with van der Waals surface area (Å²) in [6.45, 7) is 5.18. The molecule has 0 bridgehead atoms. The number of nitrogens with zero attached hydrogens (tertiary/aromatic N) is 1. The highest BCUT2D eigenvalue weighted by molar-refractivity contribution is 5.92. The summed E-state index contributed by atoms with van der Waals surface area (Å²) in [5, 5.41) is 4.26. The summed E-state index contributed by atoms with van der Waals surface area (Å²) >= 11 is 0. The van der Waals surface area contributed by atoms with Gasteiger partial charge in [-0.3, -0.25) is 4.98 Å². The summed E-state index contributed by atoms with van der Waals surface area (Å²) in [7, 11) is 0. The lowest BCUT2D eigenvalue weighted by molar-refractivity contribution is 0.322. The van der Waals surface area contributed by atoms with Gasteiger partial charge in [-0.1, -0.05) is 0 Å². The summed E-state index contributed by atoms with van der Waals surface area (Å²) < 4.78 is 19.3. The van der Waals surface area contributed by atoms with Gasteiger partial charge in [0.05, 0.1) is 12.1 Å². The predicted molar refractivity (Wildman–Crippen MR) is 79.0 cm³/mol. The number of aromatic nitrogens is 1. The van der Waals surface area contributed by atoms with E-state index in [1.165, 1.54) is 18.9 Å². The molecule has 2 aromatic rings. The van der Waals surface area contributed by atoms with E-state index >= 15 is 0 Å². The lowest BCUT2D eigenvalue weighted by atomic mass is 10.1. The zero-order valence-corrected chi connectivity index (χ0v) is 11.9. The average Bonchev–Trinajstić information content (AvgIpc) is 3.25. The molecular formula is C16H19FN2O. The maximum absolute atomic E-state index is 14.0. The first-order valence-electron chi connectivity index (χ1n) is 7.23. The van der Waals surface area contributed by atoms with Crippen molar-refractivity contribution in [3.63, 3.8) is 0 Å². The van der Waals surface area contributed by atoms with Crippen LogP contribution in [-0.4, -0.2) is 18.1 Å². The fourth-order valence-corrected chi connectivity index (χ4v) is 2.44. The van der Waals surface area contributed by atoms with E-state index in [4.69, 9.17) is 4.74 Å². The van der Waals surface area contributed by atoms with Gasteiger partial charge in [0.25, 0.3) is 0 Å². The van der Waals surface area contributed by atoms with Crippen LogP contribution in [0.3, 0.4) is 0 Å². The van der Waals surface area contributed by atoms with Crippen LogP contribution in [0.2, 0.25) is 0 Å². The molecule has 4 heteroatoms. The number of benzene rings is 1. The van der Waals surface area contributed by atoms with E-state index < -0.39 is 0 Å². The van der Waals surface area contributed by atoms with Crippen molar-refractivity contribution < 1.29 is 9.13 Å². The highest BCUT2D eigenvalue weighted by atomic mass is 19.1. The van der Waals surface area contributed by atoms with Crippen LogP contribution in [-0.2, 0) is 0 Å². The number of ether oxygens (including phenoxy) is 1. The molecule has 1 aromatic carbocycles. The molecule has 3 nitrogen and oxygen atoms in total. The largest absolute Gasteiger partial charge is 0.491 e. The third-order valence-electron chi connectivity index (χ3n) is 3.54. The molecule has 1 fully saturated rings. The number of nitrogens with one attached hydrogen (secondary N) is 1. The zero-order chi connectivity index (χ0) is 14.1. The van der Waals surface area contributed by atoms with Crippen molar-refractivity contribution in [3.8, 4) is 5.75 Å². The topological polar surface area (TPSA) is 34.2 Å². The first kappa shape index (κ1) is 13.2. The van der Waals surface area contributed by atoms with Crippen LogP contribution in [0.15, 0.2) is 18.2 Å². The Balaban J connectivity index is 2.16. The maximum atomic E-state index is 14.0. The summed E-state index contributed by atoms with van der Waals surface area (Å²) in [4.78, 5) is 4.61. The lowest BCUT2D eigenvalue weighted by Gasteiger charge is -2.12. The first-order valence-corrected chi connectivity index (χ1v) is 7.23. The normalized spacial score (nSPS) is 14.6. The molecule has 0 atom stereocenters. The fourth-order valence-electron chi connectivity index (χ4n) is 2.44. The second-order valence-electron chi connectivity index (χ2n) is 5.13. The van der Waals surface area contributed by atoms with E-state index in [1.54, 1.807) is 6.07 Å². The molecule has 1 aliphatic carbocycles. The Kier molecular flexibility index (Phi) is 3.47. The molecule has 0 amide bonds. The minimum Gasteiger partial charge on any atom is -0.491 e. The summed E-state index contributed by atoms with van der Waals surface area (Å²) in [5.41, 5.74) is 2.78. The molecule has 0 saturated heterocycles. The highest BCUT2D eigenvalue weighted by Gasteiger charge is 2.26. The maximum Gasteiger partial charge on any atom is 0.167 e. The van der Waals surface area contributed by atoms with Gasteiger partial charge in [0.1, 0.15) is 0 Å². The minimum absolute atomic E-state index is 0.292. The number of rotatable bonds is 5. The molecule has 1 aromatic heterocycles. The molecule has 0 aliphatic heterocycles. The minimum atomic E-state index is -0.345. The zero-order valence-electron chi connectivity index (χ0n) is 11.9. The van der Waals surface area contributed by atoms with Gasteiger partial charge in [-0.2, -0.15) is 0 Å². The number of hydrogen-bond donors (Lipinski definition) is 1. The van der Waals surface area contributed by atoms with Gasteiger partial charge in [-0.25, -0.2) is 4.39 Å². The summed E-state index contributed by atoms with van der Waals surface area (Å²) in [6.07, 6.45) is 2.37. The van der Waals surface area contributed by atoms with Crippen LogP contribution in [0.25, 0.3) is 10.9 Å². The van der Waals surface area contributed by atoms with Crippen LogP contribution in [0.5, 0.6) is 5.75 Å². The van der Waals surface area contributed by atoms with E-state index in [1.807, 2.05) is 6.92 Å². The van der Waals surface area contributed by atoms with Crippen LogP contribution in [0.4, 0.5) is 10.1 Å². The second-order valence-corrected chi connectivity index (χ2v) is 5.13. The molecule has 1 N–H and O–H groups in total. The van der Waals surface area contributed by atoms with Gasteiger partial charge in [0.15, 0.2) is 11.6 Å². The summed E-state index contributed by atoms with van der Waals surface area (Å²) in [6, 6.07) is 5.32. The van der Waals surface area contributed by atoms with E-state index in [-0.39, 0.29) is 5.82 Å². The molecule has 20 heavy (non-hydrogen) atoms. The average molecular weight is 274 g/mol. The quantitative estimate of drug-likeness (QED) is 0.892. The van der Waals surface area contributed by atoms with Crippen molar-refractivity contribution in [2.24, 2.45) is 0 Å². The molecule has 3 rings (SSSR count). The Morgan fingerprint density at radius 2 is 2.10 bits per heavy atom. The molecule has 0 radical (unpaired) electrons. The van der Waals surface area contributed by atoms with Crippen molar-refractivity contribution in [1.29, 1.82) is 0 Å². The summed E-state index contributed by atoms with van der Waals surface area (Å²) in [5.74, 6) is 0.494. The van der Waals surface area contributed by atoms with E-state index in [0.29, 0.717) is 23.8 Å². The second kappa shape index (κ2) is 5.27.